The summed E-state index contributed by atoms with van der Waals surface area (Å²) in [6.45, 7) is 5.19. The first kappa shape index (κ1) is 20.3. The van der Waals surface area contributed by atoms with Crippen molar-refractivity contribution in [3.63, 3.8) is 0 Å². The Kier molecular flexibility index (Phi) is 6.21. The number of H-pyrrole nitrogens is 1. The number of rotatable bonds is 6. The highest BCUT2D eigenvalue weighted by molar-refractivity contribution is 5.83. The smallest absolute Gasteiger partial charge is 0.191 e. The standard InChI is InChI=1S/C24H30FN5/c1-17(18-6-5-7-21(14-18)30-12-3-4-13-30)29-24(26-2)27-11-10-19-16-28-23-15-20(25)8-9-22(19)23/h5-9,14-17,28H,3-4,10-13H2,1-2H3,(H2,26,27,29). The van der Waals surface area contributed by atoms with Crippen LogP contribution in [-0.4, -0.2) is 37.6 Å². The van der Waals surface area contributed by atoms with Crippen LogP contribution >= 0.6 is 0 Å². The van der Waals surface area contributed by atoms with Crippen LogP contribution in [-0.2, 0) is 6.42 Å². The van der Waals surface area contributed by atoms with Crippen LogP contribution in [0.15, 0.2) is 53.7 Å². The van der Waals surface area contributed by atoms with Gasteiger partial charge in [0.25, 0.3) is 0 Å². The lowest BCUT2D eigenvalue weighted by Crippen LogP contribution is -2.39. The molecule has 5 nitrogen and oxygen atoms in total. The average molecular weight is 408 g/mol. The highest BCUT2D eigenvalue weighted by Gasteiger charge is 2.14. The molecule has 3 N–H and O–H groups in total. The van der Waals surface area contributed by atoms with E-state index in [0.717, 1.165) is 42.9 Å². The first-order chi connectivity index (χ1) is 14.6. The first-order valence-corrected chi connectivity index (χ1v) is 10.7. The fraction of sp³-hybridized carbons (Fsp3) is 0.375. The highest BCUT2D eigenvalue weighted by atomic mass is 19.1. The molecule has 2 heterocycles. The number of fused-ring (bicyclic) bond motifs is 1. The van der Waals surface area contributed by atoms with Gasteiger partial charge in [-0.3, -0.25) is 4.99 Å². The van der Waals surface area contributed by atoms with Crippen molar-refractivity contribution in [2.75, 3.05) is 31.6 Å². The van der Waals surface area contributed by atoms with Gasteiger partial charge in [0, 0.05) is 49.5 Å². The Balaban J connectivity index is 1.33. The van der Waals surface area contributed by atoms with Gasteiger partial charge in [-0.1, -0.05) is 12.1 Å². The van der Waals surface area contributed by atoms with Gasteiger partial charge in [0.15, 0.2) is 5.96 Å². The minimum atomic E-state index is -0.221. The molecule has 6 heteroatoms. The lowest BCUT2D eigenvalue weighted by Gasteiger charge is -2.22. The van der Waals surface area contributed by atoms with Crippen LogP contribution in [0.1, 0.15) is 36.9 Å². The van der Waals surface area contributed by atoms with Crippen LogP contribution < -0.4 is 15.5 Å². The maximum atomic E-state index is 13.4. The van der Waals surface area contributed by atoms with Gasteiger partial charge in [0.2, 0.25) is 0 Å². The van der Waals surface area contributed by atoms with Crippen molar-refractivity contribution in [1.82, 2.24) is 15.6 Å². The van der Waals surface area contributed by atoms with Gasteiger partial charge < -0.3 is 20.5 Å². The Morgan fingerprint density at radius 1 is 1.20 bits per heavy atom. The van der Waals surface area contributed by atoms with E-state index in [9.17, 15) is 4.39 Å². The third kappa shape index (κ3) is 4.58. The maximum absolute atomic E-state index is 13.4. The average Bonchev–Trinajstić information content (AvgIpc) is 3.43. The SMILES string of the molecule is CN=C(NCCc1c[nH]c2cc(F)ccc12)NC(C)c1cccc(N2CCCC2)c1. The van der Waals surface area contributed by atoms with Crippen LogP contribution in [0.25, 0.3) is 10.9 Å². The molecule has 1 aliphatic heterocycles. The monoisotopic (exact) mass is 407 g/mol. The summed E-state index contributed by atoms with van der Waals surface area (Å²) >= 11 is 0. The number of hydrogen-bond donors (Lipinski definition) is 3. The zero-order valence-electron chi connectivity index (χ0n) is 17.7. The van der Waals surface area contributed by atoms with Gasteiger partial charge in [-0.2, -0.15) is 0 Å². The number of benzene rings is 2. The number of aliphatic imine (C=N–C) groups is 1. The van der Waals surface area contributed by atoms with Gasteiger partial charge in [-0.05, 0) is 67.6 Å². The Hall–Kier alpha value is -3.02. The summed E-state index contributed by atoms with van der Waals surface area (Å²) in [5.41, 5.74) is 4.55. The predicted molar refractivity (Wildman–Crippen MR) is 123 cm³/mol. The third-order valence-corrected chi connectivity index (χ3v) is 5.83. The zero-order chi connectivity index (χ0) is 20.9. The Morgan fingerprint density at radius 2 is 2.03 bits per heavy atom. The molecule has 30 heavy (non-hydrogen) atoms. The summed E-state index contributed by atoms with van der Waals surface area (Å²) in [7, 11) is 1.79. The van der Waals surface area contributed by atoms with Gasteiger partial charge in [0.05, 0.1) is 6.04 Å². The Labute approximate surface area is 177 Å². The molecule has 158 valence electrons. The second-order valence-electron chi connectivity index (χ2n) is 7.91. The number of aromatic amines is 1. The minimum Gasteiger partial charge on any atom is -0.372 e. The number of guanidine groups is 1. The summed E-state index contributed by atoms with van der Waals surface area (Å²) < 4.78 is 13.4. The lowest BCUT2D eigenvalue weighted by atomic mass is 10.1. The molecule has 0 bridgehead atoms. The highest BCUT2D eigenvalue weighted by Crippen LogP contribution is 2.24. The van der Waals surface area contributed by atoms with E-state index < -0.39 is 0 Å². The topological polar surface area (TPSA) is 55.5 Å². The van der Waals surface area contributed by atoms with Crippen LogP contribution in [0.2, 0.25) is 0 Å². The van der Waals surface area contributed by atoms with Gasteiger partial charge in [0.1, 0.15) is 5.82 Å². The van der Waals surface area contributed by atoms with E-state index in [2.05, 4.69) is 56.7 Å². The molecule has 1 saturated heterocycles. The van der Waals surface area contributed by atoms with E-state index >= 15 is 0 Å². The number of hydrogen-bond acceptors (Lipinski definition) is 2. The molecule has 0 saturated carbocycles. The third-order valence-electron chi connectivity index (χ3n) is 5.83. The molecular weight excluding hydrogens is 377 g/mol. The summed E-state index contributed by atoms with van der Waals surface area (Å²) in [5.74, 6) is 0.557. The summed E-state index contributed by atoms with van der Waals surface area (Å²) in [6.07, 6.45) is 5.33. The molecule has 0 spiro atoms. The molecule has 1 aromatic heterocycles. The van der Waals surface area contributed by atoms with Gasteiger partial charge in [-0.25, -0.2) is 4.39 Å². The summed E-state index contributed by atoms with van der Waals surface area (Å²) in [6, 6.07) is 13.8. The zero-order valence-corrected chi connectivity index (χ0v) is 17.7. The lowest BCUT2D eigenvalue weighted by molar-refractivity contribution is 0.629. The fourth-order valence-electron chi connectivity index (χ4n) is 4.13. The van der Waals surface area contributed by atoms with Crippen LogP contribution in [0.5, 0.6) is 0 Å². The minimum absolute atomic E-state index is 0.148. The molecule has 1 aliphatic rings. The van der Waals surface area contributed by atoms with Crippen LogP contribution in [0.3, 0.4) is 0 Å². The van der Waals surface area contributed by atoms with E-state index in [1.54, 1.807) is 7.05 Å². The number of aromatic nitrogens is 1. The molecule has 0 radical (unpaired) electrons. The molecule has 3 aromatic rings. The van der Waals surface area contributed by atoms with E-state index in [1.165, 1.54) is 41.8 Å². The van der Waals surface area contributed by atoms with Crippen molar-refractivity contribution in [2.24, 2.45) is 4.99 Å². The molecule has 1 atom stereocenters. The molecule has 0 aliphatic carbocycles. The maximum Gasteiger partial charge on any atom is 0.191 e. The van der Waals surface area contributed by atoms with Gasteiger partial charge in [-0.15, -0.1) is 0 Å². The number of anilines is 1. The van der Waals surface area contributed by atoms with Crippen molar-refractivity contribution in [3.8, 4) is 0 Å². The Bertz CT molecular complexity index is 1020. The normalized spacial score (nSPS) is 15.6. The fourth-order valence-corrected chi connectivity index (χ4v) is 4.13. The molecular formula is C24H30FN5. The quantitative estimate of drug-likeness (QED) is 0.420. The second-order valence-corrected chi connectivity index (χ2v) is 7.91. The van der Waals surface area contributed by atoms with Crippen molar-refractivity contribution in [3.05, 3.63) is 65.6 Å². The van der Waals surface area contributed by atoms with Crippen molar-refractivity contribution in [1.29, 1.82) is 0 Å². The molecule has 2 aromatic carbocycles. The summed E-state index contributed by atoms with van der Waals surface area (Å²) in [5, 5.41) is 7.95. The second kappa shape index (κ2) is 9.20. The van der Waals surface area contributed by atoms with E-state index in [4.69, 9.17) is 0 Å². The van der Waals surface area contributed by atoms with E-state index in [-0.39, 0.29) is 11.9 Å². The molecule has 1 fully saturated rings. The van der Waals surface area contributed by atoms with Crippen LogP contribution in [0.4, 0.5) is 10.1 Å². The van der Waals surface area contributed by atoms with Crippen molar-refractivity contribution < 1.29 is 4.39 Å². The largest absolute Gasteiger partial charge is 0.372 e. The van der Waals surface area contributed by atoms with E-state index in [0.29, 0.717) is 0 Å². The van der Waals surface area contributed by atoms with Crippen LogP contribution in [0, 0.1) is 5.82 Å². The predicted octanol–water partition coefficient (Wildman–Crippen LogP) is 4.38. The van der Waals surface area contributed by atoms with Crippen molar-refractivity contribution >= 4 is 22.5 Å². The molecule has 0 amide bonds. The number of nitrogens with zero attached hydrogens (tertiary/aromatic N) is 2. The number of halogens is 1. The Morgan fingerprint density at radius 3 is 2.83 bits per heavy atom. The van der Waals surface area contributed by atoms with E-state index in [1.807, 2.05) is 12.3 Å². The molecule has 1 unspecified atom stereocenters. The number of nitrogens with one attached hydrogen (secondary N) is 3. The van der Waals surface area contributed by atoms with Crippen molar-refractivity contribution in [2.45, 2.75) is 32.2 Å². The summed E-state index contributed by atoms with van der Waals surface area (Å²) in [4.78, 5) is 9.97. The first-order valence-electron chi connectivity index (χ1n) is 10.7. The molecule has 4 rings (SSSR count). The van der Waals surface area contributed by atoms with Gasteiger partial charge >= 0.3 is 0 Å².